The monoisotopic (exact) mass is 321 g/mol. The van der Waals surface area contributed by atoms with Crippen molar-refractivity contribution in [2.24, 2.45) is 0 Å². The molecule has 0 amide bonds. The summed E-state index contributed by atoms with van der Waals surface area (Å²) in [5.41, 5.74) is 4.67. The van der Waals surface area contributed by atoms with Crippen LogP contribution in [0.1, 0.15) is 22.5 Å². The van der Waals surface area contributed by atoms with Crippen LogP contribution in [0.4, 0.5) is 0 Å². The Morgan fingerprint density at radius 3 is 3.11 bits per heavy atom. The smallest absolute Gasteiger partial charge is 0.127 e. The minimum atomic E-state index is 0.761. The Hall–Kier alpha value is -1.33. The number of aromatic amines is 1. The molecule has 4 nitrogen and oxygen atoms in total. The van der Waals surface area contributed by atoms with E-state index in [1.165, 1.54) is 11.1 Å². The molecule has 3 rings (SSSR count). The van der Waals surface area contributed by atoms with Crippen molar-refractivity contribution < 1.29 is 4.74 Å². The zero-order valence-corrected chi connectivity index (χ0v) is 12.4. The van der Waals surface area contributed by atoms with Crippen molar-refractivity contribution in [1.82, 2.24) is 15.3 Å². The topological polar surface area (TPSA) is 49.9 Å². The van der Waals surface area contributed by atoms with Gasteiger partial charge in [0.25, 0.3) is 0 Å². The molecular weight excluding hydrogens is 306 g/mol. The number of hydrogen-bond acceptors (Lipinski definition) is 3. The van der Waals surface area contributed by atoms with Crippen LogP contribution >= 0.6 is 15.9 Å². The zero-order valence-electron chi connectivity index (χ0n) is 10.8. The van der Waals surface area contributed by atoms with Gasteiger partial charge in [0.05, 0.1) is 18.6 Å². The second-order valence-electron chi connectivity index (χ2n) is 4.73. The molecule has 0 saturated heterocycles. The van der Waals surface area contributed by atoms with E-state index in [9.17, 15) is 0 Å². The van der Waals surface area contributed by atoms with Crippen LogP contribution in [0.5, 0.6) is 5.75 Å². The molecule has 0 bridgehead atoms. The van der Waals surface area contributed by atoms with E-state index in [0.717, 1.165) is 47.7 Å². The highest BCUT2D eigenvalue weighted by molar-refractivity contribution is 9.10. The summed E-state index contributed by atoms with van der Waals surface area (Å²) in [6, 6.07) is 4.26. The molecule has 2 aromatic rings. The van der Waals surface area contributed by atoms with Crippen molar-refractivity contribution in [2.45, 2.75) is 26.4 Å². The van der Waals surface area contributed by atoms with Crippen LogP contribution in [0.2, 0.25) is 0 Å². The second kappa shape index (κ2) is 5.35. The second-order valence-corrected chi connectivity index (χ2v) is 5.65. The van der Waals surface area contributed by atoms with E-state index in [4.69, 9.17) is 4.74 Å². The molecule has 19 heavy (non-hydrogen) atoms. The first-order valence-electron chi connectivity index (χ1n) is 6.37. The molecule has 0 atom stereocenters. The molecule has 2 heterocycles. The Morgan fingerprint density at radius 1 is 1.42 bits per heavy atom. The summed E-state index contributed by atoms with van der Waals surface area (Å²) in [6.07, 6.45) is 2.73. The van der Waals surface area contributed by atoms with Gasteiger partial charge in [0, 0.05) is 35.2 Å². The molecule has 0 radical (unpaired) electrons. The molecule has 0 unspecified atom stereocenters. The van der Waals surface area contributed by atoms with Crippen molar-refractivity contribution in [1.29, 1.82) is 0 Å². The molecule has 0 saturated carbocycles. The van der Waals surface area contributed by atoms with Crippen molar-refractivity contribution in [3.63, 3.8) is 0 Å². The summed E-state index contributed by atoms with van der Waals surface area (Å²) in [5.74, 6) is 1.05. The van der Waals surface area contributed by atoms with Crippen LogP contribution in [0.15, 0.2) is 22.9 Å². The third kappa shape index (κ3) is 2.67. The summed E-state index contributed by atoms with van der Waals surface area (Å²) in [5, 5.41) is 3.42. The summed E-state index contributed by atoms with van der Waals surface area (Å²) in [6.45, 7) is 4.37. The number of imidazole rings is 1. The van der Waals surface area contributed by atoms with Crippen molar-refractivity contribution >= 4 is 15.9 Å². The lowest BCUT2D eigenvalue weighted by atomic mass is 10.1. The highest BCUT2D eigenvalue weighted by Gasteiger charge is 2.17. The maximum Gasteiger partial charge on any atom is 0.127 e. The van der Waals surface area contributed by atoms with E-state index < -0.39 is 0 Å². The van der Waals surface area contributed by atoms with E-state index >= 15 is 0 Å². The van der Waals surface area contributed by atoms with Gasteiger partial charge in [-0.15, -0.1) is 0 Å². The SMILES string of the molecule is Cc1[nH]cnc1CNCc1cc(Br)cc2c1OCC2. The van der Waals surface area contributed by atoms with Crippen LogP contribution in [-0.4, -0.2) is 16.6 Å². The molecule has 1 aromatic carbocycles. The van der Waals surface area contributed by atoms with E-state index in [-0.39, 0.29) is 0 Å². The molecule has 1 aromatic heterocycles. The Kier molecular flexibility index (Phi) is 3.57. The Bertz CT molecular complexity index is 594. The maximum atomic E-state index is 5.71. The summed E-state index contributed by atoms with van der Waals surface area (Å²) in [4.78, 5) is 7.36. The fraction of sp³-hybridized carbons (Fsp3) is 0.357. The highest BCUT2D eigenvalue weighted by Crippen LogP contribution is 2.32. The lowest BCUT2D eigenvalue weighted by Gasteiger charge is -2.10. The van der Waals surface area contributed by atoms with Crippen LogP contribution in [-0.2, 0) is 19.5 Å². The minimum absolute atomic E-state index is 0.761. The fourth-order valence-electron chi connectivity index (χ4n) is 2.36. The normalized spacial score (nSPS) is 13.4. The van der Waals surface area contributed by atoms with Crippen molar-refractivity contribution in [3.8, 4) is 5.75 Å². The number of hydrogen-bond donors (Lipinski definition) is 2. The number of fused-ring (bicyclic) bond motifs is 1. The van der Waals surface area contributed by atoms with Gasteiger partial charge in [0.2, 0.25) is 0 Å². The summed E-state index contributed by atoms with van der Waals surface area (Å²) >= 11 is 3.56. The van der Waals surface area contributed by atoms with Crippen LogP contribution in [0, 0.1) is 6.92 Å². The fourth-order valence-corrected chi connectivity index (χ4v) is 2.91. The Morgan fingerprint density at radius 2 is 2.32 bits per heavy atom. The largest absolute Gasteiger partial charge is 0.493 e. The maximum absolute atomic E-state index is 5.71. The quantitative estimate of drug-likeness (QED) is 0.910. The van der Waals surface area contributed by atoms with Gasteiger partial charge >= 0.3 is 0 Å². The number of benzene rings is 1. The molecule has 2 N–H and O–H groups in total. The molecule has 100 valence electrons. The van der Waals surface area contributed by atoms with Gasteiger partial charge < -0.3 is 15.0 Å². The van der Waals surface area contributed by atoms with Gasteiger partial charge in [0.1, 0.15) is 5.75 Å². The molecular formula is C14H16BrN3O. The lowest BCUT2D eigenvalue weighted by Crippen LogP contribution is -2.14. The molecule has 0 aliphatic carbocycles. The van der Waals surface area contributed by atoms with Gasteiger partial charge in [-0.25, -0.2) is 4.98 Å². The number of nitrogens with zero attached hydrogens (tertiary/aromatic N) is 1. The Labute approximate surface area is 120 Å². The molecule has 5 heteroatoms. The molecule has 0 spiro atoms. The lowest BCUT2D eigenvalue weighted by molar-refractivity contribution is 0.352. The number of aromatic nitrogens is 2. The third-order valence-corrected chi connectivity index (χ3v) is 3.83. The third-order valence-electron chi connectivity index (χ3n) is 3.37. The van der Waals surface area contributed by atoms with Gasteiger partial charge in [-0.05, 0) is 24.6 Å². The van der Waals surface area contributed by atoms with E-state index in [2.05, 4.69) is 43.3 Å². The predicted octanol–water partition coefficient (Wildman–Crippen LogP) is 2.71. The molecule has 0 fully saturated rings. The van der Waals surface area contributed by atoms with Crippen LogP contribution in [0.25, 0.3) is 0 Å². The number of halogens is 1. The van der Waals surface area contributed by atoms with E-state index in [1.54, 1.807) is 6.33 Å². The van der Waals surface area contributed by atoms with Crippen LogP contribution in [0.3, 0.4) is 0 Å². The number of rotatable bonds is 4. The first-order valence-corrected chi connectivity index (χ1v) is 7.17. The van der Waals surface area contributed by atoms with Crippen LogP contribution < -0.4 is 10.1 Å². The number of H-pyrrole nitrogens is 1. The first kappa shape index (κ1) is 12.7. The van der Waals surface area contributed by atoms with Crippen molar-refractivity contribution in [2.75, 3.05) is 6.61 Å². The molecule has 1 aliphatic heterocycles. The zero-order chi connectivity index (χ0) is 13.2. The van der Waals surface area contributed by atoms with E-state index in [1.807, 2.05) is 6.92 Å². The molecule has 1 aliphatic rings. The number of ether oxygens (including phenoxy) is 1. The highest BCUT2D eigenvalue weighted by atomic mass is 79.9. The van der Waals surface area contributed by atoms with Gasteiger partial charge in [-0.1, -0.05) is 15.9 Å². The number of aryl methyl sites for hydroxylation is 1. The van der Waals surface area contributed by atoms with Gasteiger partial charge in [-0.3, -0.25) is 0 Å². The first-order chi connectivity index (χ1) is 9.24. The summed E-state index contributed by atoms with van der Waals surface area (Å²) < 4.78 is 6.83. The van der Waals surface area contributed by atoms with Gasteiger partial charge in [0.15, 0.2) is 0 Å². The average molecular weight is 322 g/mol. The van der Waals surface area contributed by atoms with Crippen molar-refractivity contribution in [3.05, 3.63) is 45.4 Å². The minimum Gasteiger partial charge on any atom is -0.493 e. The standard InChI is InChI=1S/C14H16BrN3O/c1-9-13(18-8-17-9)7-16-6-11-5-12(15)4-10-2-3-19-14(10)11/h4-5,8,16H,2-3,6-7H2,1H3,(H,17,18). The Balaban J connectivity index is 1.69. The number of nitrogens with one attached hydrogen (secondary N) is 2. The summed E-state index contributed by atoms with van der Waals surface area (Å²) in [7, 11) is 0. The van der Waals surface area contributed by atoms with Gasteiger partial charge in [-0.2, -0.15) is 0 Å². The van der Waals surface area contributed by atoms with E-state index in [0.29, 0.717) is 0 Å². The average Bonchev–Trinajstić information content (AvgIpc) is 2.98. The predicted molar refractivity (Wildman–Crippen MR) is 77.2 cm³/mol.